The first kappa shape index (κ1) is 24.7. The molecule has 1 N–H and O–H groups in total. The number of fused-ring (bicyclic) bond motifs is 2. The van der Waals surface area contributed by atoms with Crippen LogP contribution < -0.4 is 0 Å². The Bertz CT molecular complexity index is 1230. The number of esters is 4. The summed E-state index contributed by atoms with van der Waals surface area (Å²) in [6, 6.07) is 0. The van der Waals surface area contributed by atoms with Crippen molar-refractivity contribution in [2.75, 3.05) is 0 Å². The lowest BCUT2D eigenvalue weighted by Gasteiger charge is -2.67. The first-order valence-electron chi connectivity index (χ1n) is 12.2. The predicted octanol–water partition coefficient (Wildman–Crippen LogP) is 2.46. The molecule has 3 aliphatic heterocycles. The summed E-state index contributed by atoms with van der Waals surface area (Å²) >= 11 is 0. The average molecular weight is 501 g/mol. The number of carbonyl (C=O) groups excluding carboxylic acids is 4. The molecule has 2 bridgehead atoms. The van der Waals surface area contributed by atoms with Crippen molar-refractivity contribution in [3.05, 3.63) is 35.5 Å². The minimum absolute atomic E-state index is 0.137. The largest absolute Gasteiger partial charge is 0.458 e. The van der Waals surface area contributed by atoms with Gasteiger partial charge in [-0.3, -0.25) is 9.59 Å². The fraction of sp³-hybridized carbons (Fsp3) is 0.630. The summed E-state index contributed by atoms with van der Waals surface area (Å²) < 4.78 is 23.0. The molecule has 5 aliphatic rings. The van der Waals surface area contributed by atoms with Crippen LogP contribution in [0.2, 0.25) is 0 Å². The zero-order valence-corrected chi connectivity index (χ0v) is 21.6. The molecule has 0 aromatic carbocycles. The first-order chi connectivity index (χ1) is 16.5. The van der Waals surface area contributed by atoms with Gasteiger partial charge >= 0.3 is 23.9 Å². The summed E-state index contributed by atoms with van der Waals surface area (Å²) in [5.41, 5.74) is -7.51. The van der Waals surface area contributed by atoms with Gasteiger partial charge in [-0.05, 0) is 58.6 Å². The third-order valence-electron chi connectivity index (χ3n) is 9.91. The Morgan fingerprint density at radius 1 is 1.11 bits per heavy atom. The SMILES string of the molecule is C=C1[C@]23C(=O)O[C@@H](C)[C@@]2(O)C(=O)O[C@]1(C)[C@@H](OC(C)=O)C1=C(C)[C@@]2(C=CC(=O)OC2(C)C)CC[C@@]13C. The van der Waals surface area contributed by atoms with Gasteiger partial charge in [-0.1, -0.05) is 25.2 Å². The standard InChI is InChI=1S/C27H32O9/c1-13-18-19(34-16(4)28)24(8)14(2)26(20(30)33-15(3)27(26,32)21(31)36-24)23(18,7)11-12-25(13)10-9-17(29)35-22(25,5)6/h9-10,15,19,32H,2,11-12H2,1,3-8H3/t15-,19-,23-,24-,25+,26+,27+/m0/s1. The van der Waals surface area contributed by atoms with Crippen LogP contribution in [0.3, 0.4) is 0 Å². The van der Waals surface area contributed by atoms with Crippen molar-refractivity contribution in [1.29, 1.82) is 0 Å². The van der Waals surface area contributed by atoms with Crippen molar-refractivity contribution >= 4 is 23.9 Å². The second-order valence-electron chi connectivity index (χ2n) is 11.6. The van der Waals surface area contributed by atoms with E-state index in [-0.39, 0.29) is 12.0 Å². The third kappa shape index (κ3) is 2.28. The molecule has 1 saturated carbocycles. The Morgan fingerprint density at radius 2 is 1.75 bits per heavy atom. The summed E-state index contributed by atoms with van der Waals surface area (Å²) in [7, 11) is 0. The monoisotopic (exact) mass is 500 g/mol. The second-order valence-corrected chi connectivity index (χ2v) is 11.6. The van der Waals surface area contributed by atoms with E-state index < -0.39 is 69.1 Å². The highest BCUT2D eigenvalue weighted by atomic mass is 16.6. The molecule has 2 aliphatic carbocycles. The van der Waals surface area contributed by atoms with Gasteiger partial charge in [0.2, 0.25) is 5.60 Å². The molecule has 2 spiro atoms. The summed E-state index contributed by atoms with van der Waals surface area (Å²) in [4.78, 5) is 51.9. The van der Waals surface area contributed by atoms with Crippen molar-refractivity contribution in [3.8, 4) is 0 Å². The highest BCUT2D eigenvalue weighted by Gasteiger charge is 2.87. The van der Waals surface area contributed by atoms with Crippen molar-refractivity contribution in [3.63, 3.8) is 0 Å². The highest BCUT2D eigenvalue weighted by Crippen LogP contribution is 2.75. The number of aliphatic hydroxyl groups is 1. The second kappa shape index (κ2) is 6.68. The summed E-state index contributed by atoms with van der Waals surface area (Å²) in [5, 5.41) is 12.0. The van der Waals surface area contributed by atoms with Gasteiger partial charge in [0.15, 0.2) is 11.7 Å². The molecule has 0 amide bonds. The summed E-state index contributed by atoms with van der Waals surface area (Å²) in [6.07, 6.45) is 1.55. The first-order valence-corrected chi connectivity index (χ1v) is 12.2. The summed E-state index contributed by atoms with van der Waals surface area (Å²) in [6.45, 7) is 15.7. The van der Waals surface area contributed by atoms with Crippen molar-refractivity contribution in [1.82, 2.24) is 0 Å². The van der Waals surface area contributed by atoms with Crippen LogP contribution in [0.15, 0.2) is 35.5 Å². The molecule has 0 aromatic rings. The van der Waals surface area contributed by atoms with Gasteiger partial charge in [0, 0.05) is 23.8 Å². The molecule has 0 radical (unpaired) electrons. The molecule has 3 fully saturated rings. The molecule has 0 aromatic heterocycles. The minimum Gasteiger partial charge on any atom is -0.458 e. The molecule has 194 valence electrons. The van der Waals surface area contributed by atoms with Gasteiger partial charge in [-0.15, -0.1) is 0 Å². The van der Waals surface area contributed by atoms with E-state index in [1.54, 1.807) is 19.9 Å². The van der Waals surface area contributed by atoms with E-state index >= 15 is 0 Å². The van der Waals surface area contributed by atoms with Crippen LogP contribution in [0.25, 0.3) is 0 Å². The minimum atomic E-state index is -2.34. The van der Waals surface area contributed by atoms with Gasteiger partial charge in [0.25, 0.3) is 0 Å². The molecular formula is C27H32O9. The Balaban J connectivity index is 1.92. The van der Waals surface area contributed by atoms with Gasteiger partial charge in [-0.2, -0.15) is 0 Å². The van der Waals surface area contributed by atoms with Gasteiger partial charge in [0.1, 0.15) is 17.1 Å². The normalized spacial score (nSPS) is 46.6. The number of rotatable bonds is 1. The molecule has 0 unspecified atom stereocenters. The lowest BCUT2D eigenvalue weighted by atomic mass is 9.38. The fourth-order valence-corrected chi connectivity index (χ4v) is 8.02. The maximum Gasteiger partial charge on any atom is 0.344 e. The number of carbonyl (C=O) groups is 4. The van der Waals surface area contributed by atoms with Gasteiger partial charge in [-0.25, -0.2) is 9.59 Å². The van der Waals surface area contributed by atoms with Crippen molar-refractivity contribution < 1.29 is 43.2 Å². The van der Waals surface area contributed by atoms with Crippen LogP contribution in [0, 0.1) is 16.2 Å². The van der Waals surface area contributed by atoms with E-state index in [9.17, 15) is 24.3 Å². The van der Waals surface area contributed by atoms with Crippen LogP contribution in [-0.2, 0) is 38.1 Å². The van der Waals surface area contributed by atoms with E-state index in [0.717, 1.165) is 0 Å². The van der Waals surface area contributed by atoms with E-state index in [1.165, 1.54) is 19.9 Å². The zero-order valence-electron chi connectivity index (χ0n) is 21.6. The quantitative estimate of drug-likeness (QED) is 0.328. The average Bonchev–Trinajstić information content (AvgIpc) is 2.96. The van der Waals surface area contributed by atoms with Crippen molar-refractivity contribution in [2.45, 2.75) is 90.3 Å². The Labute approximate surface area is 209 Å². The van der Waals surface area contributed by atoms with Crippen LogP contribution in [0.1, 0.15) is 61.3 Å². The van der Waals surface area contributed by atoms with Crippen LogP contribution in [-0.4, -0.2) is 58.0 Å². The molecule has 7 atom stereocenters. The van der Waals surface area contributed by atoms with E-state index in [2.05, 4.69) is 6.58 Å². The topological polar surface area (TPSA) is 125 Å². The number of cyclic esters (lactones) is 2. The molecule has 3 heterocycles. The van der Waals surface area contributed by atoms with E-state index in [1.807, 2.05) is 20.8 Å². The van der Waals surface area contributed by atoms with Crippen molar-refractivity contribution in [2.24, 2.45) is 16.2 Å². The van der Waals surface area contributed by atoms with E-state index in [4.69, 9.17) is 18.9 Å². The Kier molecular flexibility index (Phi) is 4.59. The Morgan fingerprint density at radius 3 is 2.33 bits per heavy atom. The van der Waals surface area contributed by atoms with Crippen LogP contribution >= 0.6 is 0 Å². The number of ether oxygens (including phenoxy) is 4. The lowest BCUT2D eigenvalue weighted by Crippen LogP contribution is -2.79. The lowest BCUT2D eigenvalue weighted by molar-refractivity contribution is -0.244. The molecular weight excluding hydrogens is 468 g/mol. The van der Waals surface area contributed by atoms with Gasteiger partial charge < -0.3 is 24.1 Å². The molecule has 36 heavy (non-hydrogen) atoms. The van der Waals surface area contributed by atoms with E-state index in [0.29, 0.717) is 17.6 Å². The Hall–Kier alpha value is -2.94. The molecule has 5 rings (SSSR count). The maximum atomic E-state index is 13.8. The molecule has 9 heteroatoms. The number of hydrogen-bond acceptors (Lipinski definition) is 9. The maximum absolute atomic E-state index is 13.8. The van der Waals surface area contributed by atoms with Crippen LogP contribution in [0.4, 0.5) is 0 Å². The predicted molar refractivity (Wildman–Crippen MR) is 124 cm³/mol. The third-order valence-corrected chi connectivity index (χ3v) is 9.91. The highest BCUT2D eigenvalue weighted by molar-refractivity contribution is 6.01. The molecule has 9 nitrogen and oxygen atoms in total. The van der Waals surface area contributed by atoms with Crippen LogP contribution in [0.5, 0.6) is 0 Å². The van der Waals surface area contributed by atoms with Gasteiger partial charge in [0.05, 0.1) is 0 Å². The molecule has 2 saturated heterocycles. The smallest absolute Gasteiger partial charge is 0.344 e. The fourth-order valence-electron chi connectivity index (χ4n) is 8.02. The zero-order chi connectivity index (χ0) is 26.9. The summed E-state index contributed by atoms with van der Waals surface area (Å²) in [5.74, 6) is -2.86. The number of hydrogen-bond donors (Lipinski definition) is 1.